The number of nitrogens with one attached hydrogen (secondary N) is 3. The van der Waals surface area contributed by atoms with Crippen LogP contribution in [-0.2, 0) is 19.3 Å². The minimum absolute atomic E-state index is 0.110. The average Bonchev–Trinajstić information content (AvgIpc) is 0.788. The van der Waals surface area contributed by atoms with E-state index in [2.05, 4.69) is 156 Å². The Kier molecular flexibility index (Phi) is 28.2. The number of amides is 3. The van der Waals surface area contributed by atoms with Crippen LogP contribution in [0, 0.1) is 11.3 Å². The van der Waals surface area contributed by atoms with Crippen LogP contribution < -0.4 is 16.0 Å². The van der Waals surface area contributed by atoms with Crippen molar-refractivity contribution >= 4 is 67.8 Å². The van der Waals surface area contributed by atoms with Crippen molar-refractivity contribution in [2.24, 2.45) is 11.3 Å². The Hall–Kier alpha value is -11.6. The van der Waals surface area contributed by atoms with Crippen LogP contribution in [0.4, 0.5) is 0 Å². The summed E-state index contributed by atoms with van der Waals surface area (Å²) in [5.41, 5.74) is 17.8. The predicted octanol–water partition coefficient (Wildman–Crippen LogP) is 20.1. The summed E-state index contributed by atoms with van der Waals surface area (Å²) in [5.74, 6) is 0.156. The maximum absolute atomic E-state index is 13.4. The lowest BCUT2D eigenvalue weighted by molar-refractivity contribution is 0.0931. The number of carbonyl (C=O) groups is 6. The van der Waals surface area contributed by atoms with E-state index in [0.29, 0.717) is 91.9 Å². The highest BCUT2D eigenvalue weighted by molar-refractivity contribution is 6.05. The Labute approximate surface area is 635 Å². The van der Waals surface area contributed by atoms with Gasteiger partial charge in [0.05, 0.1) is 16.6 Å². The summed E-state index contributed by atoms with van der Waals surface area (Å²) >= 11 is 0. The number of unbranched alkanes of at least 4 members (excludes halogenated alkanes) is 3. The summed E-state index contributed by atoms with van der Waals surface area (Å²) in [4.78, 5) is 104. The van der Waals surface area contributed by atoms with Gasteiger partial charge in [-0.1, -0.05) is 209 Å². The zero-order valence-electron chi connectivity index (χ0n) is 63.8. The van der Waals surface area contributed by atoms with Crippen molar-refractivity contribution in [2.45, 2.75) is 146 Å². The fraction of sp³-hybridized carbons (Fsp3) is 0.290. The third kappa shape index (κ3) is 21.6. The topological polar surface area (TPSA) is 216 Å². The molecule has 0 radical (unpaired) electrons. The van der Waals surface area contributed by atoms with Gasteiger partial charge in [0.2, 0.25) is 0 Å². The van der Waals surface area contributed by atoms with Crippen LogP contribution in [-0.4, -0.2) is 84.6 Å². The van der Waals surface area contributed by atoms with E-state index in [1.807, 2.05) is 116 Å². The summed E-state index contributed by atoms with van der Waals surface area (Å²) < 4.78 is 0. The minimum Gasteiger partial charge on any atom is -0.351 e. The van der Waals surface area contributed by atoms with E-state index in [4.69, 9.17) is 0 Å². The molecule has 0 aliphatic heterocycles. The first-order chi connectivity index (χ1) is 52.3. The first-order valence-electron chi connectivity index (χ1n) is 38.0. The Morgan fingerprint density at radius 3 is 0.954 bits per heavy atom. The molecular weight excluding hydrogens is 1340 g/mol. The van der Waals surface area contributed by atoms with E-state index in [-0.39, 0.29) is 46.4 Å². The number of hydrogen-bond acceptors (Lipinski definition) is 12. The number of nitrogens with zero attached hydrogens (tertiary/aromatic N) is 6. The highest BCUT2D eigenvalue weighted by atomic mass is 16.2. The summed E-state index contributed by atoms with van der Waals surface area (Å²) in [6.07, 6.45) is 20.5. The number of rotatable bonds is 29. The molecule has 0 aliphatic carbocycles. The normalized spacial score (nSPS) is 11.2. The fourth-order valence-electron chi connectivity index (χ4n) is 12.9. The molecule has 0 fully saturated rings. The second-order valence-electron chi connectivity index (χ2n) is 29.1. The van der Waals surface area contributed by atoms with Crippen LogP contribution in [0.2, 0.25) is 0 Å². The number of aromatic nitrogens is 6. The van der Waals surface area contributed by atoms with Crippen molar-refractivity contribution in [2.75, 3.05) is 19.6 Å². The van der Waals surface area contributed by atoms with Crippen molar-refractivity contribution < 1.29 is 28.8 Å². The van der Waals surface area contributed by atoms with Crippen LogP contribution >= 0.6 is 0 Å². The molecule has 3 N–H and O–H groups in total. The molecule has 0 atom stereocenters. The van der Waals surface area contributed by atoms with Gasteiger partial charge in [0.25, 0.3) is 17.7 Å². The SMILES string of the molecule is CCCCNC(=O)c1ccc(-c2ccc3ncc(C(=O)CC(C)(C)C)c(Cc4ccccc4)c3c2)cn1.CCCCNC(=O)c1ccc(-c2ccc3ncc(C(=O)CC(C)C)c(Cc4ccccc4)c3c2)cn1.CCCCNC(=O)c1ccc(-c2ccc3ncc(C(=O)CCC)c(Cc4ccccc4)c3c2)cn1. The van der Waals surface area contributed by atoms with Gasteiger partial charge < -0.3 is 16.0 Å². The van der Waals surface area contributed by atoms with Crippen molar-refractivity contribution in [3.05, 3.63) is 286 Å². The van der Waals surface area contributed by atoms with Crippen LogP contribution in [0.3, 0.4) is 0 Å². The number of Topliss-reactive ketones (excluding diaryl/α,β-unsaturated/α-hetero) is 3. The molecule has 3 amide bonds. The molecule has 6 aromatic heterocycles. The van der Waals surface area contributed by atoms with Gasteiger partial charge in [-0.25, -0.2) is 0 Å². The molecule has 0 bridgehead atoms. The molecule has 0 unspecified atom stereocenters. The Morgan fingerprint density at radius 2 is 0.667 bits per heavy atom. The lowest BCUT2D eigenvalue weighted by atomic mass is 9.85. The van der Waals surface area contributed by atoms with Crippen LogP contribution in [0.1, 0.15) is 222 Å². The highest BCUT2D eigenvalue weighted by Gasteiger charge is 2.24. The number of carbonyl (C=O) groups excluding carboxylic acids is 6. The quantitative estimate of drug-likeness (QED) is 0.0295. The van der Waals surface area contributed by atoms with Crippen molar-refractivity contribution in [1.82, 2.24) is 45.9 Å². The van der Waals surface area contributed by atoms with Gasteiger partial charge in [0.1, 0.15) is 17.1 Å². The standard InChI is InChI=1S/C32H35N3O2.C31H33N3O2.C30H31N3O2/c1-5-6-16-33-31(37)29-15-13-24(20-34-29)23-12-14-28-26(18-23)25(17-22-10-8-7-9-11-22)27(21-35-28)30(36)19-32(2,3)4;1-4-5-15-32-31(36)29-14-12-24(19-33-29)23-11-13-28-26(18-23)25(17-22-9-7-6-8-10-22)27(20-34-28)30(35)16-21(2)3;1-3-5-16-31-30(35)28-15-13-23(19-32-28)22-12-14-27-25(18-22)24(17-21-10-7-6-8-11-21)26(20-33-27)29(34)9-4-2/h7-15,18,20-21H,5-6,16-17,19H2,1-4H3,(H,33,37);6-14,18-21H,4-5,15-17H2,1-3H3,(H,32,36);6-8,10-15,18-20H,3-5,9,16-17H2,1-2H3,(H,31,35). The maximum atomic E-state index is 13.4. The van der Waals surface area contributed by atoms with Gasteiger partial charge >= 0.3 is 0 Å². The molecule has 6 heterocycles. The second-order valence-corrected chi connectivity index (χ2v) is 29.1. The van der Waals surface area contributed by atoms with E-state index in [1.54, 1.807) is 55.4 Å². The van der Waals surface area contributed by atoms with Gasteiger partial charge in [-0.15, -0.1) is 0 Å². The number of hydrogen-bond donors (Lipinski definition) is 3. The summed E-state index contributed by atoms with van der Waals surface area (Å²) in [5, 5.41) is 11.6. The zero-order chi connectivity index (χ0) is 76.5. The molecule has 0 saturated carbocycles. The largest absolute Gasteiger partial charge is 0.351 e. The summed E-state index contributed by atoms with van der Waals surface area (Å²) in [7, 11) is 0. The van der Waals surface area contributed by atoms with Gasteiger partial charge in [-0.05, 0) is 161 Å². The number of fused-ring (bicyclic) bond motifs is 3. The van der Waals surface area contributed by atoms with Gasteiger partial charge in [0, 0.05) is 126 Å². The number of ketones is 3. The lowest BCUT2D eigenvalue weighted by Crippen LogP contribution is -2.25. The Morgan fingerprint density at radius 1 is 0.352 bits per heavy atom. The molecular formula is C93H99N9O6. The highest BCUT2D eigenvalue weighted by Crippen LogP contribution is 2.35. The molecule has 552 valence electrons. The van der Waals surface area contributed by atoms with Gasteiger partial charge in [0.15, 0.2) is 17.3 Å². The molecule has 12 aromatic rings. The first-order valence-corrected chi connectivity index (χ1v) is 38.0. The van der Waals surface area contributed by atoms with Gasteiger partial charge in [-0.3, -0.25) is 58.7 Å². The maximum Gasteiger partial charge on any atom is 0.269 e. The van der Waals surface area contributed by atoms with Crippen molar-refractivity contribution in [3.8, 4) is 33.4 Å². The molecule has 108 heavy (non-hydrogen) atoms. The van der Waals surface area contributed by atoms with Crippen molar-refractivity contribution in [1.29, 1.82) is 0 Å². The number of pyridine rings is 6. The average molecular weight is 1440 g/mol. The third-order valence-corrected chi connectivity index (χ3v) is 18.7. The minimum atomic E-state index is -0.158. The molecule has 15 heteroatoms. The Balaban J connectivity index is 0.000000173. The molecule has 12 rings (SSSR count). The van der Waals surface area contributed by atoms with E-state index < -0.39 is 0 Å². The monoisotopic (exact) mass is 1440 g/mol. The third-order valence-electron chi connectivity index (χ3n) is 18.7. The van der Waals surface area contributed by atoms with Crippen LogP contribution in [0.5, 0.6) is 0 Å². The smallest absolute Gasteiger partial charge is 0.269 e. The zero-order valence-corrected chi connectivity index (χ0v) is 63.8. The summed E-state index contributed by atoms with van der Waals surface area (Å²) in [6, 6.07) is 59.9. The number of benzene rings is 6. The molecule has 0 spiro atoms. The van der Waals surface area contributed by atoms with E-state index >= 15 is 0 Å². The summed E-state index contributed by atoms with van der Waals surface area (Å²) in [6.45, 7) is 20.6. The second kappa shape index (κ2) is 38.6. The van der Waals surface area contributed by atoms with Crippen LogP contribution in [0.15, 0.2) is 219 Å². The van der Waals surface area contributed by atoms with Crippen LogP contribution in [0.25, 0.3) is 66.1 Å². The first kappa shape index (κ1) is 79.0. The van der Waals surface area contributed by atoms with E-state index in [1.165, 1.54) is 0 Å². The molecule has 0 saturated heterocycles. The van der Waals surface area contributed by atoms with Crippen molar-refractivity contribution in [3.63, 3.8) is 0 Å². The molecule has 15 nitrogen and oxygen atoms in total. The lowest BCUT2D eigenvalue weighted by Gasteiger charge is -2.19. The van der Waals surface area contributed by atoms with Gasteiger partial charge in [-0.2, -0.15) is 0 Å². The Bertz CT molecular complexity index is 5060. The fourth-order valence-corrected chi connectivity index (χ4v) is 12.9. The van der Waals surface area contributed by atoms with E-state index in [0.717, 1.165) is 144 Å². The molecule has 6 aromatic carbocycles. The van der Waals surface area contributed by atoms with E-state index in [9.17, 15) is 28.8 Å². The molecule has 0 aliphatic rings. The predicted molar refractivity (Wildman–Crippen MR) is 436 cm³/mol.